The van der Waals surface area contributed by atoms with Crippen LogP contribution in [0.4, 0.5) is 5.69 Å². The first kappa shape index (κ1) is 21.2. The van der Waals surface area contributed by atoms with Gasteiger partial charge in [-0.15, -0.1) is 0 Å². The molecule has 0 aliphatic carbocycles. The van der Waals surface area contributed by atoms with Gasteiger partial charge >= 0.3 is 0 Å². The smallest absolute Gasteiger partial charge is 0.119 e. The predicted octanol–water partition coefficient (Wildman–Crippen LogP) is 6.94. The van der Waals surface area contributed by atoms with E-state index >= 15 is 0 Å². The van der Waals surface area contributed by atoms with Crippen molar-refractivity contribution >= 4 is 33.8 Å². The molecular weight excluding hydrogens is 422 g/mol. The molecule has 3 aromatic rings. The lowest BCUT2D eigenvalue weighted by Crippen LogP contribution is -2.11. The Bertz CT molecular complexity index is 912. The number of ether oxygens (including phenoxy) is 1. The second kappa shape index (κ2) is 10.3. The monoisotopic (exact) mass is 449 g/mol. The summed E-state index contributed by atoms with van der Waals surface area (Å²) < 4.78 is 7.09. The second-order valence-electron chi connectivity index (χ2n) is 7.64. The van der Waals surface area contributed by atoms with Crippen LogP contribution in [-0.2, 0) is 6.42 Å². The number of rotatable bonds is 8. The lowest BCUT2D eigenvalue weighted by atomic mass is 10.0. The van der Waals surface area contributed by atoms with Crippen LogP contribution in [0.2, 0.25) is 0 Å². The van der Waals surface area contributed by atoms with Gasteiger partial charge in [-0.1, -0.05) is 71.4 Å². The maximum Gasteiger partial charge on any atom is 0.119 e. The number of nitrogens with zero attached hydrogens (tertiary/aromatic N) is 1. The molecule has 0 saturated carbocycles. The van der Waals surface area contributed by atoms with E-state index in [0.29, 0.717) is 12.5 Å². The van der Waals surface area contributed by atoms with Crippen molar-refractivity contribution in [3.63, 3.8) is 0 Å². The highest BCUT2D eigenvalue weighted by molar-refractivity contribution is 9.10. The van der Waals surface area contributed by atoms with E-state index in [1.807, 2.05) is 12.1 Å². The summed E-state index contributed by atoms with van der Waals surface area (Å²) >= 11 is 3.48. The van der Waals surface area contributed by atoms with E-state index in [2.05, 4.69) is 115 Å². The molecule has 0 aliphatic heterocycles. The van der Waals surface area contributed by atoms with Crippen molar-refractivity contribution < 1.29 is 4.74 Å². The Hall–Kier alpha value is -2.52. The fourth-order valence-corrected chi connectivity index (χ4v) is 3.34. The van der Waals surface area contributed by atoms with Gasteiger partial charge in [-0.25, -0.2) is 0 Å². The summed E-state index contributed by atoms with van der Waals surface area (Å²) in [5, 5.41) is 0. The van der Waals surface area contributed by atoms with Gasteiger partial charge in [0.25, 0.3) is 0 Å². The van der Waals surface area contributed by atoms with Crippen LogP contribution in [0.15, 0.2) is 77.3 Å². The fraction of sp³-hybridized carbons (Fsp3) is 0.231. The molecule has 0 amide bonds. The molecule has 0 aromatic heterocycles. The van der Waals surface area contributed by atoms with Gasteiger partial charge in [0, 0.05) is 24.3 Å². The third-order valence-corrected chi connectivity index (χ3v) is 5.32. The first-order chi connectivity index (χ1) is 14.0. The summed E-state index contributed by atoms with van der Waals surface area (Å²) in [6.45, 7) is 2.93. The Kier molecular flexibility index (Phi) is 7.54. The zero-order valence-electron chi connectivity index (χ0n) is 17.3. The van der Waals surface area contributed by atoms with Gasteiger partial charge in [-0.3, -0.25) is 0 Å². The number of anilines is 1. The molecule has 0 heterocycles. The van der Waals surface area contributed by atoms with E-state index < -0.39 is 0 Å². The fourth-order valence-electron chi connectivity index (χ4n) is 3.07. The quantitative estimate of drug-likeness (QED) is 0.345. The standard InChI is InChI=1S/C26H28BrNO/c1-20(18-23-6-12-24(27)13-7-23)19-29-26-16-10-22(11-17-26)5-4-21-8-14-25(15-9-21)28(2)3/h4-17,20H,18-19H2,1-3H3/b5-4+. The van der Waals surface area contributed by atoms with E-state index in [1.54, 1.807) is 0 Å². The Morgan fingerprint density at radius 2 is 1.38 bits per heavy atom. The van der Waals surface area contributed by atoms with E-state index in [1.165, 1.54) is 16.8 Å². The molecule has 2 nitrogen and oxygen atoms in total. The number of hydrogen-bond donors (Lipinski definition) is 0. The van der Waals surface area contributed by atoms with E-state index in [-0.39, 0.29) is 0 Å². The summed E-state index contributed by atoms with van der Waals surface area (Å²) in [6, 6.07) is 25.3. The number of benzene rings is 3. The Morgan fingerprint density at radius 1 is 0.828 bits per heavy atom. The van der Waals surface area contributed by atoms with Crippen molar-refractivity contribution in [2.24, 2.45) is 5.92 Å². The highest BCUT2D eigenvalue weighted by Gasteiger charge is 2.05. The molecular formula is C26H28BrNO. The topological polar surface area (TPSA) is 12.5 Å². The van der Waals surface area contributed by atoms with Crippen LogP contribution in [-0.4, -0.2) is 20.7 Å². The van der Waals surface area contributed by atoms with Crippen LogP contribution in [0.5, 0.6) is 5.75 Å². The molecule has 29 heavy (non-hydrogen) atoms. The summed E-state index contributed by atoms with van der Waals surface area (Å²) in [5.74, 6) is 1.38. The Balaban J connectivity index is 1.49. The van der Waals surface area contributed by atoms with Gasteiger partial charge in [-0.05, 0) is 65.4 Å². The SMILES string of the molecule is CC(COc1ccc(/C=C/c2ccc(N(C)C)cc2)cc1)Cc1ccc(Br)cc1. The highest BCUT2D eigenvalue weighted by Crippen LogP contribution is 2.18. The minimum absolute atomic E-state index is 0.459. The van der Waals surface area contributed by atoms with E-state index in [9.17, 15) is 0 Å². The van der Waals surface area contributed by atoms with Gasteiger partial charge in [0.15, 0.2) is 0 Å². The van der Waals surface area contributed by atoms with Gasteiger partial charge in [-0.2, -0.15) is 0 Å². The minimum Gasteiger partial charge on any atom is -0.493 e. The maximum absolute atomic E-state index is 5.98. The molecule has 0 N–H and O–H groups in total. The molecule has 150 valence electrons. The molecule has 0 aliphatic rings. The molecule has 0 fully saturated rings. The van der Waals surface area contributed by atoms with Crippen LogP contribution >= 0.6 is 15.9 Å². The van der Waals surface area contributed by atoms with Crippen molar-refractivity contribution in [3.8, 4) is 5.75 Å². The minimum atomic E-state index is 0.459. The molecule has 0 radical (unpaired) electrons. The van der Waals surface area contributed by atoms with E-state index in [4.69, 9.17) is 4.74 Å². The summed E-state index contributed by atoms with van der Waals surface area (Å²) in [6.07, 6.45) is 5.28. The summed E-state index contributed by atoms with van der Waals surface area (Å²) in [5.41, 5.74) is 4.90. The third kappa shape index (κ3) is 6.79. The van der Waals surface area contributed by atoms with Crippen LogP contribution in [0.1, 0.15) is 23.6 Å². The van der Waals surface area contributed by atoms with Crippen molar-refractivity contribution in [3.05, 3.63) is 94.0 Å². The molecule has 0 spiro atoms. The van der Waals surface area contributed by atoms with Gasteiger partial charge in [0.05, 0.1) is 6.61 Å². The average Bonchev–Trinajstić information content (AvgIpc) is 2.73. The zero-order valence-corrected chi connectivity index (χ0v) is 18.9. The third-order valence-electron chi connectivity index (χ3n) is 4.79. The lowest BCUT2D eigenvalue weighted by Gasteiger charge is -2.13. The first-order valence-electron chi connectivity index (χ1n) is 9.92. The Morgan fingerprint density at radius 3 is 1.93 bits per heavy atom. The van der Waals surface area contributed by atoms with Crippen LogP contribution in [0, 0.1) is 5.92 Å². The van der Waals surface area contributed by atoms with Crippen molar-refractivity contribution in [2.45, 2.75) is 13.3 Å². The summed E-state index contributed by atoms with van der Waals surface area (Å²) in [7, 11) is 4.10. The largest absolute Gasteiger partial charge is 0.493 e. The lowest BCUT2D eigenvalue weighted by molar-refractivity contribution is 0.259. The summed E-state index contributed by atoms with van der Waals surface area (Å²) in [4.78, 5) is 2.10. The van der Waals surface area contributed by atoms with Crippen LogP contribution in [0.3, 0.4) is 0 Å². The number of hydrogen-bond acceptors (Lipinski definition) is 2. The molecule has 1 atom stereocenters. The normalized spacial score (nSPS) is 12.1. The maximum atomic E-state index is 5.98. The van der Waals surface area contributed by atoms with Crippen molar-refractivity contribution in [2.75, 3.05) is 25.6 Å². The second-order valence-corrected chi connectivity index (χ2v) is 8.55. The predicted molar refractivity (Wildman–Crippen MR) is 129 cm³/mol. The van der Waals surface area contributed by atoms with Crippen LogP contribution in [0.25, 0.3) is 12.2 Å². The van der Waals surface area contributed by atoms with Crippen LogP contribution < -0.4 is 9.64 Å². The van der Waals surface area contributed by atoms with Crippen molar-refractivity contribution in [1.29, 1.82) is 0 Å². The van der Waals surface area contributed by atoms with Gasteiger partial charge in [0.1, 0.15) is 5.75 Å². The van der Waals surface area contributed by atoms with Gasteiger partial charge < -0.3 is 9.64 Å². The molecule has 1 unspecified atom stereocenters. The molecule has 0 bridgehead atoms. The van der Waals surface area contributed by atoms with E-state index in [0.717, 1.165) is 22.2 Å². The molecule has 3 rings (SSSR count). The highest BCUT2D eigenvalue weighted by atomic mass is 79.9. The first-order valence-corrected chi connectivity index (χ1v) is 10.7. The molecule has 3 heteroatoms. The Labute approximate surface area is 183 Å². The molecule has 3 aromatic carbocycles. The van der Waals surface area contributed by atoms with Gasteiger partial charge in [0.2, 0.25) is 0 Å². The molecule has 0 saturated heterocycles. The average molecular weight is 450 g/mol. The van der Waals surface area contributed by atoms with Crippen molar-refractivity contribution in [1.82, 2.24) is 0 Å². The number of halogens is 1. The zero-order chi connectivity index (χ0) is 20.6.